The summed E-state index contributed by atoms with van der Waals surface area (Å²) in [6.07, 6.45) is 2.06. The molecule has 3 rings (SSSR count). The third kappa shape index (κ3) is 2.64. The first kappa shape index (κ1) is 13.7. The van der Waals surface area contributed by atoms with Gasteiger partial charge in [-0.05, 0) is 42.7 Å². The van der Waals surface area contributed by atoms with Crippen molar-refractivity contribution in [2.45, 2.75) is 33.2 Å². The molecule has 3 heteroatoms. The number of fused-ring (bicyclic) bond motifs is 1. The Balaban J connectivity index is 2.08. The van der Waals surface area contributed by atoms with E-state index in [1.54, 1.807) is 12.1 Å². The van der Waals surface area contributed by atoms with E-state index in [4.69, 9.17) is 4.98 Å². The summed E-state index contributed by atoms with van der Waals surface area (Å²) < 4.78 is 2.29. The number of phenolic OH excluding ortho intramolecular Hbond substituents is 1. The van der Waals surface area contributed by atoms with Crippen LogP contribution in [0.15, 0.2) is 42.5 Å². The van der Waals surface area contributed by atoms with E-state index in [0.29, 0.717) is 5.75 Å². The Bertz CT molecular complexity index is 757. The van der Waals surface area contributed by atoms with Crippen molar-refractivity contribution in [3.05, 3.63) is 59.4 Å². The van der Waals surface area contributed by atoms with Gasteiger partial charge in [-0.15, -0.1) is 0 Å². The van der Waals surface area contributed by atoms with E-state index in [0.717, 1.165) is 30.7 Å². The second-order valence-electron chi connectivity index (χ2n) is 5.47. The topological polar surface area (TPSA) is 38.0 Å². The molecule has 0 amide bonds. The molecule has 2 aromatic carbocycles. The molecule has 3 aromatic rings. The summed E-state index contributed by atoms with van der Waals surface area (Å²) in [5, 5.41) is 9.41. The molecule has 0 atom stereocenters. The summed E-state index contributed by atoms with van der Waals surface area (Å²) in [4.78, 5) is 4.83. The number of aryl methyl sites for hydroxylation is 2. The van der Waals surface area contributed by atoms with E-state index in [9.17, 15) is 5.11 Å². The van der Waals surface area contributed by atoms with Crippen LogP contribution in [0.4, 0.5) is 0 Å². The fourth-order valence-electron chi connectivity index (χ4n) is 2.71. The molecule has 1 aromatic heterocycles. The highest BCUT2D eigenvalue weighted by Gasteiger charge is 2.11. The molecule has 0 bridgehead atoms. The van der Waals surface area contributed by atoms with Crippen molar-refractivity contribution in [1.82, 2.24) is 9.55 Å². The number of rotatable bonds is 4. The molecule has 0 aliphatic heterocycles. The van der Waals surface area contributed by atoms with Gasteiger partial charge >= 0.3 is 0 Å². The standard InChI is InChI=1S/C18H20N2O/c1-3-5-17-19-18-13(2)6-4-7-16(18)20(17)12-14-8-10-15(21)11-9-14/h4,6-11,21H,3,5,12H2,1-2H3. The predicted octanol–water partition coefficient (Wildman–Crippen LogP) is 4.05. The van der Waals surface area contributed by atoms with Gasteiger partial charge in [-0.25, -0.2) is 4.98 Å². The van der Waals surface area contributed by atoms with Crippen LogP contribution < -0.4 is 0 Å². The van der Waals surface area contributed by atoms with Gasteiger partial charge in [0.25, 0.3) is 0 Å². The number of imidazole rings is 1. The maximum atomic E-state index is 9.41. The minimum atomic E-state index is 0.305. The van der Waals surface area contributed by atoms with E-state index in [-0.39, 0.29) is 0 Å². The lowest BCUT2D eigenvalue weighted by molar-refractivity contribution is 0.475. The zero-order chi connectivity index (χ0) is 14.8. The summed E-state index contributed by atoms with van der Waals surface area (Å²) in [5.41, 5.74) is 4.67. The SMILES string of the molecule is CCCc1nc2c(C)cccc2n1Cc1ccc(O)cc1. The monoisotopic (exact) mass is 280 g/mol. The second kappa shape index (κ2) is 5.60. The van der Waals surface area contributed by atoms with Gasteiger partial charge in [-0.3, -0.25) is 0 Å². The Labute approximate surface area is 124 Å². The quantitative estimate of drug-likeness (QED) is 0.783. The van der Waals surface area contributed by atoms with Crippen LogP contribution in [0, 0.1) is 6.92 Å². The molecule has 0 aliphatic rings. The van der Waals surface area contributed by atoms with Gasteiger partial charge in [-0.1, -0.05) is 31.2 Å². The fourth-order valence-corrected chi connectivity index (χ4v) is 2.71. The largest absolute Gasteiger partial charge is 0.508 e. The molecule has 1 heterocycles. The van der Waals surface area contributed by atoms with Crippen LogP contribution in [-0.4, -0.2) is 14.7 Å². The lowest BCUT2D eigenvalue weighted by atomic mass is 10.2. The van der Waals surface area contributed by atoms with Crippen molar-refractivity contribution in [3.63, 3.8) is 0 Å². The average molecular weight is 280 g/mol. The smallest absolute Gasteiger partial charge is 0.115 e. The van der Waals surface area contributed by atoms with Crippen LogP contribution in [0.5, 0.6) is 5.75 Å². The van der Waals surface area contributed by atoms with E-state index < -0.39 is 0 Å². The van der Waals surface area contributed by atoms with E-state index in [2.05, 4.69) is 36.6 Å². The molecule has 3 nitrogen and oxygen atoms in total. The molecule has 108 valence electrons. The molecule has 0 radical (unpaired) electrons. The summed E-state index contributed by atoms with van der Waals surface area (Å²) in [6, 6.07) is 13.7. The Morgan fingerprint density at radius 3 is 2.57 bits per heavy atom. The maximum Gasteiger partial charge on any atom is 0.115 e. The van der Waals surface area contributed by atoms with Gasteiger partial charge in [-0.2, -0.15) is 0 Å². The van der Waals surface area contributed by atoms with Crippen LogP contribution >= 0.6 is 0 Å². The van der Waals surface area contributed by atoms with Crippen molar-refractivity contribution in [3.8, 4) is 5.75 Å². The average Bonchev–Trinajstić information content (AvgIpc) is 2.82. The van der Waals surface area contributed by atoms with E-state index in [1.165, 1.54) is 16.6 Å². The van der Waals surface area contributed by atoms with Crippen molar-refractivity contribution in [2.75, 3.05) is 0 Å². The van der Waals surface area contributed by atoms with Crippen LogP contribution in [0.3, 0.4) is 0 Å². The summed E-state index contributed by atoms with van der Waals surface area (Å²) in [7, 11) is 0. The number of benzene rings is 2. The van der Waals surface area contributed by atoms with Gasteiger partial charge < -0.3 is 9.67 Å². The van der Waals surface area contributed by atoms with Crippen LogP contribution in [-0.2, 0) is 13.0 Å². The maximum absolute atomic E-state index is 9.41. The molecule has 0 saturated carbocycles. The lowest BCUT2D eigenvalue weighted by Crippen LogP contribution is -2.05. The summed E-state index contributed by atoms with van der Waals surface area (Å²) in [5.74, 6) is 1.44. The number of aromatic nitrogens is 2. The molecular weight excluding hydrogens is 260 g/mol. The van der Waals surface area contributed by atoms with Gasteiger partial charge in [0.05, 0.1) is 11.0 Å². The lowest BCUT2D eigenvalue weighted by Gasteiger charge is -2.09. The molecule has 1 N–H and O–H groups in total. The van der Waals surface area contributed by atoms with Crippen LogP contribution in [0.1, 0.15) is 30.3 Å². The van der Waals surface area contributed by atoms with Crippen LogP contribution in [0.2, 0.25) is 0 Å². The van der Waals surface area contributed by atoms with Gasteiger partial charge in [0.1, 0.15) is 11.6 Å². The van der Waals surface area contributed by atoms with Crippen molar-refractivity contribution in [2.24, 2.45) is 0 Å². The van der Waals surface area contributed by atoms with Crippen molar-refractivity contribution >= 4 is 11.0 Å². The fraction of sp³-hybridized carbons (Fsp3) is 0.278. The molecule has 0 aliphatic carbocycles. The molecule has 0 fully saturated rings. The predicted molar refractivity (Wildman–Crippen MR) is 85.7 cm³/mol. The highest BCUT2D eigenvalue weighted by molar-refractivity contribution is 5.79. The highest BCUT2D eigenvalue weighted by Crippen LogP contribution is 2.22. The number of aromatic hydroxyl groups is 1. The Kier molecular flexibility index (Phi) is 3.65. The van der Waals surface area contributed by atoms with Crippen molar-refractivity contribution in [1.29, 1.82) is 0 Å². The zero-order valence-corrected chi connectivity index (χ0v) is 12.5. The number of hydrogen-bond donors (Lipinski definition) is 1. The number of nitrogens with zero attached hydrogens (tertiary/aromatic N) is 2. The molecule has 0 spiro atoms. The number of phenols is 1. The minimum Gasteiger partial charge on any atom is -0.508 e. The van der Waals surface area contributed by atoms with Gasteiger partial charge in [0.15, 0.2) is 0 Å². The van der Waals surface area contributed by atoms with E-state index >= 15 is 0 Å². The molecule has 0 unspecified atom stereocenters. The summed E-state index contributed by atoms with van der Waals surface area (Å²) in [6.45, 7) is 5.07. The first-order valence-corrected chi connectivity index (χ1v) is 7.41. The number of para-hydroxylation sites is 1. The van der Waals surface area contributed by atoms with Crippen molar-refractivity contribution < 1.29 is 5.11 Å². The Morgan fingerprint density at radius 2 is 1.86 bits per heavy atom. The number of hydrogen-bond acceptors (Lipinski definition) is 2. The third-order valence-electron chi connectivity index (χ3n) is 3.81. The Hall–Kier alpha value is -2.29. The molecule has 0 saturated heterocycles. The highest BCUT2D eigenvalue weighted by atomic mass is 16.3. The first-order chi connectivity index (χ1) is 10.2. The van der Waals surface area contributed by atoms with E-state index in [1.807, 2.05) is 12.1 Å². The van der Waals surface area contributed by atoms with Gasteiger partial charge in [0, 0.05) is 13.0 Å². The first-order valence-electron chi connectivity index (χ1n) is 7.41. The molecule has 21 heavy (non-hydrogen) atoms. The third-order valence-corrected chi connectivity index (χ3v) is 3.81. The second-order valence-corrected chi connectivity index (χ2v) is 5.47. The Morgan fingerprint density at radius 1 is 1.10 bits per heavy atom. The minimum absolute atomic E-state index is 0.305. The normalized spacial score (nSPS) is 11.1. The molecular formula is C18H20N2O. The van der Waals surface area contributed by atoms with Crippen LogP contribution in [0.25, 0.3) is 11.0 Å². The van der Waals surface area contributed by atoms with Gasteiger partial charge in [0.2, 0.25) is 0 Å². The summed E-state index contributed by atoms with van der Waals surface area (Å²) >= 11 is 0. The zero-order valence-electron chi connectivity index (χ0n) is 12.5.